The van der Waals surface area contributed by atoms with E-state index >= 15 is 0 Å². The van der Waals surface area contributed by atoms with E-state index in [4.69, 9.17) is 0 Å². The zero-order chi connectivity index (χ0) is 43.3. The Balaban J connectivity index is 0.000000177. The average molecular weight is 793 g/mol. The highest BCUT2D eigenvalue weighted by Crippen LogP contribution is 2.34. The molecule has 59 heavy (non-hydrogen) atoms. The zero-order valence-corrected chi connectivity index (χ0v) is 38.8. The summed E-state index contributed by atoms with van der Waals surface area (Å²) in [5.41, 5.74) is 7.89. The molecule has 0 spiro atoms. The number of imidazole rings is 1. The number of aromatic nitrogens is 2. The highest BCUT2D eigenvalue weighted by molar-refractivity contribution is 6.08. The third kappa shape index (κ3) is 17.7. The van der Waals surface area contributed by atoms with Gasteiger partial charge in [0.2, 0.25) is 0 Å². The number of ketones is 1. The van der Waals surface area contributed by atoms with Crippen molar-refractivity contribution in [1.29, 1.82) is 0 Å². The molecule has 0 atom stereocenters. The fraction of sp³-hybridized carbons (Fsp3) is 0.464. The van der Waals surface area contributed by atoms with E-state index in [-0.39, 0.29) is 16.6 Å². The monoisotopic (exact) mass is 793 g/mol. The number of carbonyl (C=O) groups is 1. The van der Waals surface area contributed by atoms with Crippen LogP contribution in [-0.4, -0.2) is 15.8 Å². The van der Waals surface area contributed by atoms with Crippen LogP contribution in [0.25, 0.3) is 21.8 Å². The van der Waals surface area contributed by atoms with E-state index in [2.05, 4.69) is 154 Å². The first-order chi connectivity index (χ1) is 27.6. The number of fused-ring (bicyclic) bond motifs is 2. The Morgan fingerprint density at radius 2 is 1.08 bits per heavy atom. The van der Waals surface area contributed by atoms with Crippen molar-refractivity contribution in [2.45, 2.75) is 141 Å². The van der Waals surface area contributed by atoms with Crippen molar-refractivity contribution in [2.24, 2.45) is 27.6 Å². The predicted molar refractivity (Wildman–Crippen MR) is 256 cm³/mol. The Morgan fingerprint density at radius 1 is 0.542 bits per heavy atom. The molecule has 1 aliphatic carbocycles. The number of hydrogen-bond donors (Lipinski definition) is 1. The summed E-state index contributed by atoms with van der Waals surface area (Å²) in [5, 5.41) is 2.74. The van der Waals surface area contributed by atoms with Gasteiger partial charge in [-0.15, -0.1) is 0 Å². The maximum atomic E-state index is 12.2. The van der Waals surface area contributed by atoms with Crippen LogP contribution in [0.5, 0.6) is 0 Å². The standard InChI is InChI=1S/C18H20O.C15H18.C12H16N2.C11H22/c1-18(2,3)13-14-9-11-16(12-10-14)17(19)15-7-5-4-6-8-15;1-15(2,3)11-13-9-6-8-12-7-4-5-10-14(12)13;1-12(2,3)8-11-13-9-6-4-5-7-10(9)14-11;1-11(2,3)9-10-7-5-4-6-8-10/h4-12H,13H2,1-3H3;4-10H,11H2,1-3H3;4-7H,8H2,1-3H3,(H,13,14);10H,4-9H2,1-3H3. The summed E-state index contributed by atoms with van der Waals surface area (Å²) in [5.74, 6) is 2.21. The van der Waals surface area contributed by atoms with E-state index in [1.54, 1.807) is 0 Å². The average Bonchev–Trinajstić information content (AvgIpc) is 3.56. The maximum Gasteiger partial charge on any atom is 0.193 e. The van der Waals surface area contributed by atoms with Gasteiger partial charge >= 0.3 is 0 Å². The Hall–Kier alpha value is -4.50. The molecule has 0 aliphatic heterocycles. The molecule has 0 radical (unpaired) electrons. The fourth-order valence-corrected chi connectivity index (χ4v) is 8.01. The summed E-state index contributed by atoms with van der Waals surface area (Å²) in [4.78, 5) is 20.1. The van der Waals surface area contributed by atoms with Crippen molar-refractivity contribution in [2.75, 3.05) is 0 Å². The van der Waals surface area contributed by atoms with E-state index in [1.165, 1.54) is 60.4 Å². The minimum Gasteiger partial charge on any atom is -0.342 e. The maximum absolute atomic E-state index is 12.2. The van der Waals surface area contributed by atoms with Gasteiger partial charge < -0.3 is 4.98 Å². The Labute approximate surface area is 358 Å². The van der Waals surface area contributed by atoms with Gasteiger partial charge in [-0.2, -0.15) is 0 Å². The van der Waals surface area contributed by atoms with E-state index < -0.39 is 0 Å². The second kappa shape index (κ2) is 21.1. The van der Waals surface area contributed by atoms with Crippen LogP contribution in [0, 0.1) is 27.6 Å². The molecule has 3 heteroatoms. The van der Waals surface area contributed by atoms with Gasteiger partial charge in [-0.1, -0.05) is 224 Å². The number of benzene rings is 5. The van der Waals surface area contributed by atoms with Crippen molar-refractivity contribution < 1.29 is 4.79 Å². The lowest BCUT2D eigenvalue weighted by molar-refractivity contribution is 0.103. The molecule has 1 N–H and O–H groups in total. The topological polar surface area (TPSA) is 45.8 Å². The predicted octanol–water partition coefficient (Wildman–Crippen LogP) is 16.1. The SMILES string of the molecule is CC(C)(C)CC1CCCCC1.CC(C)(C)Cc1ccc(C(=O)c2ccccc2)cc1.CC(C)(C)Cc1cccc2ccccc12.CC(C)(C)Cc1nc2ccccc2[nH]1. The van der Waals surface area contributed by atoms with E-state index in [0.717, 1.165) is 53.2 Å². The smallest absolute Gasteiger partial charge is 0.193 e. The summed E-state index contributed by atoms with van der Waals surface area (Å²) in [6.45, 7) is 27.3. The first kappa shape index (κ1) is 47.2. The fourth-order valence-electron chi connectivity index (χ4n) is 8.01. The van der Waals surface area contributed by atoms with Crippen LogP contribution in [0.2, 0.25) is 0 Å². The first-order valence-electron chi connectivity index (χ1n) is 22.2. The van der Waals surface area contributed by atoms with Gasteiger partial charge in [-0.3, -0.25) is 4.79 Å². The second-order valence-corrected chi connectivity index (χ2v) is 21.7. The van der Waals surface area contributed by atoms with Gasteiger partial charge in [0.15, 0.2) is 5.78 Å². The van der Waals surface area contributed by atoms with Crippen molar-refractivity contribution in [3.63, 3.8) is 0 Å². The number of para-hydroxylation sites is 2. The number of nitrogens with zero attached hydrogens (tertiary/aromatic N) is 1. The Morgan fingerprint density at radius 3 is 1.68 bits per heavy atom. The van der Waals surface area contributed by atoms with Crippen molar-refractivity contribution >= 4 is 27.6 Å². The van der Waals surface area contributed by atoms with Crippen LogP contribution in [0.1, 0.15) is 154 Å². The van der Waals surface area contributed by atoms with E-state index in [9.17, 15) is 4.79 Å². The largest absolute Gasteiger partial charge is 0.342 e. The molecule has 316 valence electrons. The number of nitrogens with one attached hydrogen (secondary N) is 1. The molecule has 1 aromatic heterocycles. The molecule has 7 rings (SSSR count). The number of carbonyl (C=O) groups excluding carboxylic acids is 1. The van der Waals surface area contributed by atoms with Gasteiger partial charge in [0, 0.05) is 17.5 Å². The van der Waals surface area contributed by atoms with Crippen molar-refractivity contribution in [3.8, 4) is 0 Å². The second-order valence-electron chi connectivity index (χ2n) is 21.7. The molecule has 5 aromatic carbocycles. The van der Waals surface area contributed by atoms with Gasteiger partial charge in [0.25, 0.3) is 0 Å². The molecule has 0 amide bonds. The van der Waals surface area contributed by atoms with Crippen LogP contribution in [-0.2, 0) is 19.3 Å². The molecular formula is C56H76N2O. The normalized spacial score (nSPS) is 13.7. The van der Waals surface area contributed by atoms with Crippen molar-refractivity contribution in [1.82, 2.24) is 9.97 Å². The Kier molecular flexibility index (Phi) is 16.9. The van der Waals surface area contributed by atoms with E-state index in [1.807, 2.05) is 60.7 Å². The van der Waals surface area contributed by atoms with Crippen molar-refractivity contribution in [3.05, 3.63) is 149 Å². The minimum absolute atomic E-state index is 0.0860. The lowest BCUT2D eigenvalue weighted by Crippen LogP contribution is -2.15. The minimum atomic E-state index is 0.0860. The number of H-pyrrole nitrogens is 1. The van der Waals surface area contributed by atoms with Crippen LogP contribution in [0.4, 0.5) is 0 Å². The molecule has 0 unspecified atom stereocenters. The van der Waals surface area contributed by atoms with Gasteiger partial charge in [-0.05, 0) is 80.9 Å². The quantitative estimate of drug-likeness (QED) is 0.171. The summed E-state index contributed by atoms with van der Waals surface area (Å²) >= 11 is 0. The molecule has 3 nitrogen and oxygen atoms in total. The van der Waals surface area contributed by atoms with Gasteiger partial charge in [-0.25, -0.2) is 4.98 Å². The molecule has 1 saturated carbocycles. The summed E-state index contributed by atoms with van der Waals surface area (Å²) in [6.07, 6.45) is 12.0. The van der Waals surface area contributed by atoms with Gasteiger partial charge in [0.1, 0.15) is 5.82 Å². The van der Waals surface area contributed by atoms with Crippen LogP contribution in [0.15, 0.2) is 121 Å². The molecule has 0 saturated heterocycles. The third-order valence-corrected chi connectivity index (χ3v) is 10.3. The number of hydrogen-bond acceptors (Lipinski definition) is 2. The lowest BCUT2D eigenvalue weighted by Gasteiger charge is -2.28. The summed E-state index contributed by atoms with van der Waals surface area (Å²) < 4.78 is 0. The van der Waals surface area contributed by atoms with E-state index in [0.29, 0.717) is 10.8 Å². The highest BCUT2D eigenvalue weighted by Gasteiger charge is 2.20. The van der Waals surface area contributed by atoms with Crippen LogP contribution < -0.4 is 0 Å². The first-order valence-corrected chi connectivity index (χ1v) is 22.2. The van der Waals surface area contributed by atoms with Gasteiger partial charge in [0.05, 0.1) is 11.0 Å². The Bertz CT molecular complexity index is 2100. The molecule has 0 bridgehead atoms. The molecular weight excluding hydrogens is 717 g/mol. The molecule has 1 heterocycles. The molecule has 6 aromatic rings. The number of rotatable bonds is 6. The third-order valence-electron chi connectivity index (χ3n) is 10.3. The number of aromatic amines is 1. The molecule has 1 aliphatic rings. The molecule has 1 fully saturated rings. The highest BCUT2D eigenvalue weighted by atomic mass is 16.1. The summed E-state index contributed by atoms with van der Waals surface area (Å²) in [6, 6.07) is 40.7. The zero-order valence-electron chi connectivity index (χ0n) is 38.8. The van der Waals surface area contributed by atoms with Crippen LogP contribution in [0.3, 0.4) is 0 Å². The van der Waals surface area contributed by atoms with Crippen LogP contribution >= 0.6 is 0 Å². The lowest BCUT2D eigenvalue weighted by atomic mass is 9.78. The summed E-state index contributed by atoms with van der Waals surface area (Å²) in [7, 11) is 0.